The Hall–Kier alpha value is -1.79. The van der Waals surface area contributed by atoms with E-state index in [1.807, 2.05) is 23.6 Å². The van der Waals surface area contributed by atoms with E-state index < -0.39 is 0 Å². The van der Waals surface area contributed by atoms with Crippen LogP contribution in [-0.4, -0.2) is 16.5 Å². The zero-order valence-electron chi connectivity index (χ0n) is 11.5. The zero-order chi connectivity index (χ0) is 14.7. The SMILES string of the molecule is COc1ccccc1CSCc1cc(=O)n2ccsc2n1. The molecular weight excluding hydrogens is 304 g/mol. The van der Waals surface area contributed by atoms with Crippen LogP contribution in [0.3, 0.4) is 0 Å². The molecule has 6 heteroatoms. The second-order valence-corrected chi connectivity index (χ2v) is 6.30. The van der Waals surface area contributed by atoms with Gasteiger partial charge >= 0.3 is 0 Å². The second kappa shape index (κ2) is 6.32. The van der Waals surface area contributed by atoms with Crippen LogP contribution < -0.4 is 10.3 Å². The summed E-state index contributed by atoms with van der Waals surface area (Å²) in [5.74, 6) is 2.43. The van der Waals surface area contributed by atoms with Gasteiger partial charge in [-0.15, -0.1) is 11.3 Å². The van der Waals surface area contributed by atoms with E-state index in [9.17, 15) is 4.79 Å². The molecule has 3 rings (SSSR count). The average molecular weight is 318 g/mol. The highest BCUT2D eigenvalue weighted by Crippen LogP contribution is 2.24. The van der Waals surface area contributed by atoms with Crippen LogP contribution in [0.5, 0.6) is 5.75 Å². The van der Waals surface area contributed by atoms with Gasteiger partial charge in [-0.2, -0.15) is 11.8 Å². The third-order valence-electron chi connectivity index (χ3n) is 3.06. The molecule has 0 aliphatic heterocycles. The van der Waals surface area contributed by atoms with E-state index in [2.05, 4.69) is 11.1 Å². The van der Waals surface area contributed by atoms with Gasteiger partial charge in [0, 0.05) is 34.7 Å². The fourth-order valence-corrected chi connectivity index (χ4v) is 3.71. The molecule has 4 nitrogen and oxygen atoms in total. The molecule has 2 heterocycles. The summed E-state index contributed by atoms with van der Waals surface area (Å²) in [6, 6.07) is 9.57. The maximum atomic E-state index is 11.9. The molecule has 21 heavy (non-hydrogen) atoms. The zero-order valence-corrected chi connectivity index (χ0v) is 13.1. The standard InChI is InChI=1S/C15H14N2O2S2/c1-19-13-5-3-2-4-11(13)9-20-10-12-8-14(18)17-6-7-21-15(17)16-12/h2-8H,9-10H2,1H3. The summed E-state index contributed by atoms with van der Waals surface area (Å²) >= 11 is 3.20. The van der Waals surface area contributed by atoms with Crippen molar-refractivity contribution in [2.45, 2.75) is 11.5 Å². The Balaban J connectivity index is 1.70. The van der Waals surface area contributed by atoms with Crippen LogP contribution in [0.4, 0.5) is 0 Å². The fourth-order valence-electron chi connectivity index (χ4n) is 2.05. The molecule has 0 amide bonds. The van der Waals surface area contributed by atoms with E-state index in [1.165, 1.54) is 11.3 Å². The van der Waals surface area contributed by atoms with E-state index in [-0.39, 0.29) is 5.56 Å². The first-order valence-electron chi connectivity index (χ1n) is 6.43. The van der Waals surface area contributed by atoms with Crippen LogP contribution >= 0.6 is 23.1 Å². The molecule has 0 aliphatic rings. The molecule has 3 aromatic rings. The number of methoxy groups -OCH3 is 1. The number of thiazole rings is 1. The van der Waals surface area contributed by atoms with Gasteiger partial charge in [-0.05, 0) is 6.07 Å². The van der Waals surface area contributed by atoms with Crippen molar-refractivity contribution >= 4 is 28.1 Å². The summed E-state index contributed by atoms with van der Waals surface area (Å²) in [7, 11) is 1.68. The van der Waals surface area contributed by atoms with Crippen molar-refractivity contribution < 1.29 is 4.74 Å². The van der Waals surface area contributed by atoms with Gasteiger partial charge in [0.1, 0.15) is 5.75 Å². The lowest BCUT2D eigenvalue weighted by atomic mass is 10.2. The molecule has 0 aliphatic carbocycles. The number of nitrogens with zero attached hydrogens (tertiary/aromatic N) is 2. The number of benzene rings is 1. The topological polar surface area (TPSA) is 43.6 Å². The second-order valence-electron chi connectivity index (χ2n) is 4.45. The lowest BCUT2D eigenvalue weighted by Gasteiger charge is -2.07. The van der Waals surface area contributed by atoms with Crippen LogP contribution in [0.2, 0.25) is 0 Å². The summed E-state index contributed by atoms with van der Waals surface area (Å²) in [4.78, 5) is 17.1. The number of para-hydroxylation sites is 1. The Morgan fingerprint density at radius 3 is 3.05 bits per heavy atom. The average Bonchev–Trinajstić information content (AvgIpc) is 2.97. The molecule has 0 unspecified atom stereocenters. The highest BCUT2D eigenvalue weighted by molar-refractivity contribution is 7.97. The molecule has 0 fully saturated rings. The maximum absolute atomic E-state index is 11.9. The van der Waals surface area contributed by atoms with Crippen LogP contribution in [0.1, 0.15) is 11.3 Å². The van der Waals surface area contributed by atoms with Crippen molar-refractivity contribution in [3.05, 3.63) is 63.5 Å². The number of hydrogen-bond acceptors (Lipinski definition) is 5. The number of aromatic nitrogens is 2. The maximum Gasteiger partial charge on any atom is 0.258 e. The van der Waals surface area contributed by atoms with E-state index >= 15 is 0 Å². The molecule has 0 bridgehead atoms. The van der Waals surface area contributed by atoms with Crippen molar-refractivity contribution in [1.82, 2.24) is 9.38 Å². The predicted molar refractivity (Wildman–Crippen MR) is 87.3 cm³/mol. The van der Waals surface area contributed by atoms with Crippen LogP contribution in [-0.2, 0) is 11.5 Å². The summed E-state index contributed by atoms with van der Waals surface area (Å²) in [6.45, 7) is 0. The molecule has 0 atom stereocenters. The van der Waals surface area contributed by atoms with Crippen LogP contribution in [0.15, 0.2) is 46.7 Å². The molecule has 0 spiro atoms. The summed E-state index contributed by atoms with van der Waals surface area (Å²) in [5.41, 5.74) is 1.95. The van der Waals surface area contributed by atoms with Crippen LogP contribution in [0, 0.1) is 0 Å². The van der Waals surface area contributed by atoms with Crippen molar-refractivity contribution in [3.63, 3.8) is 0 Å². The van der Waals surface area contributed by atoms with E-state index in [1.54, 1.807) is 35.5 Å². The highest BCUT2D eigenvalue weighted by Gasteiger charge is 2.05. The third-order valence-corrected chi connectivity index (χ3v) is 4.83. The Labute approximate surface area is 130 Å². The minimum atomic E-state index is -0.0193. The Bertz CT molecular complexity index is 811. The first-order valence-corrected chi connectivity index (χ1v) is 8.47. The van der Waals surface area contributed by atoms with Gasteiger partial charge in [-0.1, -0.05) is 18.2 Å². The molecule has 2 aromatic heterocycles. The molecule has 0 saturated carbocycles. The Morgan fingerprint density at radius 1 is 1.33 bits per heavy atom. The first kappa shape index (κ1) is 14.2. The van der Waals surface area contributed by atoms with Gasteiger partial charge in [-0.3, -0.25) is 9.20 Å². The predicted octanol–water partition coefficient (Wildman–Crippen LogP) is 3.20. The fraction of sp³-hybridized carbons (Fsp3) is 0.200. The lowest BCUT2D eigenvalue weighted by Crippen LogP contribution is -2.12. The Morgan fingerprint density at radius 2 is 2.19 bits per heavy atom. The molecule has 0 saturated heterocycles. The molecule has 108 valence electrons. The van der Waals surface area contributed by atoms with Crippen molar-refractivity contribution in [1.29, 1.82) is 0 Å². The number of thioether (sulfide) groups is 1. The quantitative estimate of drug-likeness (QED) is 0.724. The normalized spacial score (nSPS) is 10.9. The van der Waals surface area contributed by atoms with Gasteiger partial charge in [0.05, 0.1) is 12.8 Å². The smallest absolute Gasteiger partial charge is 0.258 e. The highest BCUT2D eigenvalue weighted by atomic mass is 32.2. The van der Waals surface area contributed by atoms with Crippen molar-refractivity contribution in [2.75, 3.05) is 7.11 Å². The monoisotopic (exact) mass is 318 g/mol. The number of rotatable bonds is 5. The Kier molecular flexibility index (Phi) is 4.26. The summed E-state index contributed by atoms with van der Waals surface area (Å²) in [5, 5.41) is 1.87. The number of fused-ring (bicyclic) bond motifs is 1. The lowest BCUT2D eigenvalue weighted by molar-refractivity contribution is 0.411. The van der Waals surface area contributed by atoms with Gasteiger partial charge in [0.25, 0.3) is 5.56 Å². The van der Waals surface area contributed by atoms with E-state index in [4.69, 9.17) is 4.74 Å². The molecular formula is C15H14N2O2S2. The van der Waals surface area contributed by atoms with Gasteiger partial charge in [0.15, 0.2) is 4.96 Å². The molecule has 0 N–H and O–H groups in total. The minimum Gasteiger partial charge on any atom is -0.496 e. The summed E-state index contributed by atoms with van der Waals surface area (Å²) < 4.78 is 6.90. The number of hydrogen-bond donors (Lipinski definition) is 0. The van der Waals surface area contributed by atoms with E-state index in [0.29, 0.717) is 5.75 Å². The van der Waals surface area contributed by atoms with Gasteiger partial charge in [-0.25, -0.2) is 4.98 Å². The molecule has 0 radical (unpaired) electrons. The molecule has 1 aromatic carbocycles. The van der Waals surface area contributed by atoms with E-state index in [0.717, 1.165) is 27.7 Å². The third kappa shape index (κ3) is 3.11. The number of ether oxygens (including phenoxy) is 1. The first-order chi connectivity index (χ1) is 10.3. The van der Waals surface area contributed by atoms with Gasteiger partial charge in [0.2, 0.25) is 0 Å². The summed E-state index contributed by atoms with van der Waals surface area (Å²) in [6.07, 6.45) is 1.75. The largest absolute Gasteiger partial charge is 0.496 e. The van der Waals surface area contributed by atoms with Crippen molar-refractivity contribution in [2.24, 2.45) is 0 Å². The van der Waals surface area contributed by atoms with Crippen LogP contribution in [0.25, 0.3) is 4.96 Å². The van der Waals surface area contributed by atoms with Gasteiger partial charge < -0.3 is 4.74 Å². The van der Waals surface area contributed by atoms with Crippen molar-refractivity contribution in [3.8, 4) is 5.75 Å². The minimum absolute atomic E-state index is 0.0193.